The van der Waals surface area contributed by atoms with Crippen LogP contribution in [0.4, 0.5) is 18.9 Å². The van der Waals surface area contributed by atoms with Crippen molar-refractivity contribution in [1.29, 1.82) is 0 Å². The molecule has 0 fully saturated rings. The van der Waals surface area contributed by atoms with Gasteiger partial charge in [-0.15, -0.1) is 0 Å². The average Bonchev–Trinajstić information content (AvgIpc) is 2.33. The van der Waals surface area contributed by atoms with E-state index < -0.39 is 45.3 Å². The summed E-state index contributed by atoms with van der Waals surface area (Å²) < 4.78 is 58.6. The maximum absolute atomic E-state index is 12.1. The summed E-state index contributed by atoms with van der Waals surface area (Å²) >= 11 is 0. The van der Waals surface area contributed by atoms with E-state index in [4.69, 9.17) is 15.4 Å². The maximum Gasteiger partial charge on any atom is 0.416 e. The van der Waals surface area contributed by atoms with Crippen LogP contribution in [-0.2, 0) is 10.0 Å². The fraction of sp³-hybridized carbons (Fsp3) is 0.300. The molecule has 0 spiro atoms. The molecule has 0 saturated heterocycles. The number of sulfonamides is 1. The number of anilines is 1. The molecule has 0 saturated carbocycles. The smallest absolute Gasteiger partial charge is 0.416 e. The molecule has 0 heterocycles. The third-order valence-corrected chi connectivity index (χ3v) is 3.32. The molecule has 1 atom stereocenters. The number of primary sulfonamides is 1. The Morgan fingerprint density at radius 2 is 1.95 bits per heavy atom. The van der Waals surface area contributed by atoms with E-state index in [1.807, 2.05) is 0 Å². The molecule has 0 radical (unpaired) electrons. The number of hydrogen-bond acceptors (Lipinski definition) is 5. The molecular formula is C10H11F3N2O5S. The predicted octanol–water partition coefficient (Wildman–Crippen LogP) is 0.367. The lowest BCUT2D eigenvalue weighted by Crippen LogP contribution is -2.35. The van der Waals surface area contributed by atoms with E-state index in [2.05, 4.69) is 5.32 Å². The monoisotopic (exact) mass is 328 g/mol. The molecule has 118 valence electrons. The molecule has 21 heavy (non-hydrogen) atoms. The molecule has 0 aliphatic heterocycles. The van der Waals surface area contributed by atoms with Crippen molar-refractivity contribution < 1.29 is 36.6 Å². The first-order chi connectivity index (χ1) is 9.43. The highest BCUT2D eigenvalue weighted by Crippen LogP contribution is 2.23. The van der Waals surface area contributed by atoms with Crippen LogP contribution in [0.2, 0.25) is 0 Å². The number of halogens is 3. The van der Waals surface area contributed by atoms with Crippen molar-refractivity contribution in [2.45, 2.75) is 17.2 Å². The summed E-state index contributed by atoms with van der Waals surface area (Å²) in [6.45, 7) is -0.988. The minimum atomic E-state index is -4.86. The summed E-state index contributed by atoms with van der Waals surface area (Å²) in [5, 5.41) is 24.6. The van der Waals surface area contributed by atoms with Crippen molar-refractivity contribution in [1.82, 2.24) is 0 Å². The highest BCUT2D eigenvalue weighted by atomic mass is 32.2. The fourth-order valence-corrected chi connectivity index (χ4v) is 1.89. The van der Waals surface area contributed by atoms with E-state index in [1.165, 1.54) is 0 Å². The van der Waals surface area contributed by atoms with Gasteiger partial charge in [0.25, 0.3) is 0 Å². The number of rotatable bonds is 5. The topological polar surface area (TPSA) is 130 Å². The lowest BCUT2D eigenvalue weighted by atomic mass is 10.1. The first-order valence-corrected chi connectivity index (χ1v) is 6.86. The van der Waals surface area contributed by atoms with Gasteiger partial charge in [0.1, 0.15) is 0 Å². The zero-order valence-electron chi connectivity index (χ0n) is 10.3. The SMILES string of the molecule is NS(=O)(=O)c1ccc(NCC(O)C(F)(F)F)c(C(=O)O)c1. The average molecular weight is 328 g/mol. The summed E-state index contributed by atoms with van der Waals surface area (Å²) in [6.07, 6.45) is -7.56. The van der Waals surface area contributed by atoms with Gasteiger partial charge in [-0.05, 0) is 18.2 Å². The largest absolute Gasteiger partial charge is 0.478 e. The number of alkyl halides is 3. The number of benzene rings is 1. The van der Waals surface area contributed by atoms with Crippen molar-refractivity contribution in [3.63, 3.8) is 0 Å². The predicted molar refractivity (Wildman–Crippen MR) is 65.3 cm³/mol. The Balaban J connectivity index is 3.06. The van der Waals surface area contributed by atoms with Crippen LogP contribution in [0.15, 0.2) is 23.1 Å². The number of aliphatic hydroxyl groups excluding tert-OH is 1. The first-order valence-electron chi connectivity index (χ1n) is 5.31. The Bertz CT molecular complexity index is 645. The van der Waals surface area contributed by atoms with Gasteiger partial charge in [-0.1, -0.05) is 0 Å². The van der Waals surface area contributed by atoms with Crippen molar-refractivity contribution in [2.24, 2.45) is 5.14 Å². The minimum absolute atomic E-state index is 0.279. The molecule has 7 nitrogen and oxygen atoms in total. The van der Waals surface area contributed by atoms with E-state index in [0.717, 1.165) is 12.1 Å². The molecule has 11 heteroatoms. The Kier molecular flexibility index (Phi) is 4.81. The second-order valence-electron chi connectivity index (χ2n) is 4.00. The number of hydrogen-bond donors (Lipinski definition) is 4. The van der Waals surface area contributed by atoms with Gasteiger partial charge in [0.05, 0.1) is 10.5 Å². The first kappa shape index (κ1) is 17.2. The highest BCUT2D eigenvalue weighted by molar-refractivity contribution is 7.89. The standard InChI is InChI=1S/C10H11F3N2O5S/c11-10(12,13)8(16)4-15-7-2-1-5(21(14,19)20)3-6(7)9(17)18/h1-3,8,15-16H,4H2,(H,17,18)(H2,14,19,20). The molecule has 0 amide bonds. The number of nitrogens with two attached hydrogens (primary N) is 1. The third kappa shape index (κ3) is 4.58. The lowest BCUT2D eigenvalue weighted by Gasteiger charge is -2.17. The van der Waals surface area contributed by atoms with E-state index in [1.54, 1.807) is 0 Å². The van der Waals surface area contributed by atoms with E-state index in [0.29, 0.717) is 6.07 Å². The molecule has 0 aliphatic carbocycles. The quantitative estimate of drug-likeness (QED) is 0.618. The summed E-state index contributed by atoms with van der Waals surface area (Å²) in [4.78, 5) is 10.5. The van der Waals surface area contributed by atoms with Gasteiger partial charge < -0.3 is 15.5 Å². The minimum Gasteiger partial charge on any atom is -0.478 e. The number of carbonyl (C=O) groups is 1. The number of aliphatic hydroxyl groups is 1. The van der Waals surface area contributed by atoms with Gasteiger partial charge >= 0.3 is 12.1 Å². The van der Waals surface area contributed by atoms with E-state index in [9.17, 15) is 26.4 Å². The molecule has 1 unspecified atom stereocenters. The Morgan fingerprint density at radius 3 is 2.38 bits per heavy atom. The van der Waals surface area contributed by atoms with Crippen LogP contribution in [0.3, 0.4) is 0 Å². The van der Waals surface area contributed by atoms with Crippen LogP contribution in [0.1, 0.15) is 10.4 Å². The zero-order valence-corrected chi connectivity index (χ0v) is 11.1. The van der Waals surface area contributed by atoms with Crippen LogP contribution in [0, 0.1) is 0 Å². The summed E-state index contributed by atoms with van der Waals surface area (Å²) in [5.74, 6) is -1.57. The summed E-state index contributed by atoms with van der Waals surface area (Å²) in [5.41, 5.74) is -0.867. The van der Waals surface area contributed by atoms with Crippen molar-refractivity contribution in [3.8, 4) is 0 Å². The van der Waals surface area contributed by atoms with Crippen LogP contribution in [-0.4, -0.2) is 43.4 Å². The van der Waals surface area contributed by atoms with Crippen LogP contribution < -0.4 is 10.5 Å². The van der Waals surface area contributed by atoms with Crippen molar-refractivity contribution >= 4 is 21.7 Å². The molecule has 1 aromatic rings. The van der Waals surface area contributed by atoms with E-state index in [-0.39, 0.29) is 5.69 Å². The Labute approximate surface area is 117 Å². The molecule has 5 N–H and O–H groups in total. The zero-order chi connectivity index (χ0) is 16.4. The molecule has 0 bridgehead atoms. The van der Waals surface area contributed by atoms with Crippen LogP contribution >= 0.6 is 0 Å². The van der Waals surface area contributed by atoms with Gasteiger partial charge in [-0.2, -0.15) is 13.2 Å². The van der Waals surface area contributed by atoms with Gasteiger partial charge in [0.15, 0.2) is 6.10 Å². The second kappa shape index (κ2) is 5.87. The molecular weight excluding hydrogens is 317 g/mol. The van der Waals surface area contributed by atoms with Gasteiger partial charge in [-0.3, -0.25) is 0 Å². The van der Waals surface area contributed by atoms with Crippen molar-refractivity contribution in [3.05, 3.63) is 23.8 Å². The molecule has 0 aliphatic rings. The van der Waals surface area contributed by atoms with Crippen molar-refractivity contribution in [2.75, 3.05) is 11.9 Å². The summed E-state index contributed by atoms with van der Waals surface area (Å²) in [6, 6.07) is 2.59. The normalized spacial score (nSPS) is 13.8. The number of nitrogens with one attached hydrogen (secondary N) is 1. The molecule has 1 aromatic carbocycles. The maximum atomic E-state index is 12.1. The van der Waals surface area contributed by atoms with E-state index >= 15 is 0 Å². The fourth-order valence-electron chi connectivity index (χ4n) is 1.35. The summed E-state index contributed by atoms with van der Waals surface area (Å²) in [7, 11) is -4.15. The molecule has 1 rings (SSSR count). The Morgan fingerprint density at radius 1 is 1.38 bits per heavy atom. The van der Waals surface area contributed by atoms with Crippen LogP contribution in [0.25, 0.3) is 0 Å². The molecule has 0 aromatic heterocycles. The van der Waals surface area contributed by atoms with Gasteiger partial charge in [-0.25, -0.2) is 18.4 Å². The Hall–Kier alpha value is -1.85. The van der Waals surface area contributed by atoms with Gasteiger partial charge in [0.2, 0.25) is 10.0 Å². The highest BCUT2D eigenvalue weighted by Gasteiger charge is 2.38. The number of aromatic carboxylic acids is 1. The lowest BCUT2D eigenvalue weighted by molar-refractivity contribution is -0.198. The third-order valence-electron chi connectivity index (χ3n) is 2.41. The number of carboxylic acids is 1. The van der Waals surface area contributed by atoms with Crippen LogP contribution in [0.5, 0.6) is 0 Å². The second-order valence-corrected chi connectivity index (χ2v) is 5.56. The van der Waals surface area contributed by atoms with Gasteiger partial charge in [0, 0.05) is 12.2 Å². The number of carboxylic acid groups (broad SMARTS) is 1.